The summed E-state index contributed by atoms with van der Waals surface area (Å²) in [6.45, 7) is 4.29. The standard InChI is InChI=1S/C9H15NO3/c1-4-13-7(2)5-8(6-10)9(11)12-3/h7-8H,4-5H2,1-3H3. The molecule has 0 radical (unpaired) electrons. The molecule has 0 heterocycles. The summed E-state index contributed by atoms with van der Waals surface area (Å²) in [5.41, 5.74) is 0. The lowest BCUT2D eigenvalue weighted by atomic mass is 10.0. The van der Waals surface area contributed by atoms with E-state index in [0.29, 0.717) is 13.0 Å². The lowest BCUT2D eigenvalue weighted by Gasteiger charge is -2.13. The van der Waals surface area contributed by atoms with Crippen molar-refractivity contribution >= 4 is 5.97 Å². The Balaban J connectivity index is 3.99. The van der Waals surface area contributed by atoms with Crippen molar-refractivity contribution in [1.29, 1.82) is 5.26 Å². The minimum Gasteiger partial charge on any atom is -0.468 e. The van der Waals surface area contributed by atoms with Crippen molar-refractivity contribution < 1.29 is 14.3 Å². The van der Waals surface area contributed by atoms with E-state index < -0.39 is 11.9 Å². The molecule has 0 rings (SSSR count). The second kappa shape index (κ2) is 6.44. The first-order valence-electron chi connectivity index (χ1n) is 4.24. The van der Waals surface area contributed by atoms with Gasteiger partial charge in [0.05, 0.1) is 19.3 Å². The molecule has 74 valence electrons. The molecule has 4 nitrogen and oxygen atoms in total. The van der Waals surface area contributed by atoms with Crippen molar-refractivity contribution in [3.63, 3.8) is 0 Å². The second-order valence-corrected chi connectivity index (χ2v) is 2.71. The maximum atomic E-state index is 11.0. The predicted octanol–water partition coefficient (Wildman–Crippen LogP) is 1.11. The number of ether oxygens (including phenoxy) is 2. The van der Waals surface area contributed by atoms with Crippen molar-refractivity contribution in [2.45, 2.75) is 26.4 Å². The molecule has 0 aliphatic heterocycles. The van der Waals surface area contributed by atoms with Gasteiger partial charge in [-0.15, -0.1) is 0 Å². The van der Waals surface area contributed by atoms with Crippen LogP contribution in [0.2, 0.25) is 0 Å². The molecule has 0 amide bonds. The van der Waals surface area contributed by atoms with Crippen LogP contribution in [-0.2, 0) is 14.3 Å². The minimum atomic E-state index is -0.716. The van der Waals surface area contributed by atoms with Gasteiger partial charge in [0, 0.05) is 6.61 Å². The number of carbonyl (C=O) groups is 1. The smallest absolute Gasteiger partial charge is 0.323 e. The molecule has 0 aromatic rings. The van der Waals surface area contributed by atoms with E-state index in [2.05, 4.69) is 4.74 Å². The van der Waals surface area contributed by atoms with Gasteiger partial charge in [-0.25, -0.2) is 0 Å². The Labute approximate surface area is 78.4 Å². The fourth-order valence-electron chi connectivity index (χ4n) is 1.03. The van der Waals surface area contributed by atoms with Crippen LogP contribution in [0, 0.1) is 17.2 Å². The average Bonchev–Trinajstić information content (AvgIpc) is 2.13. The monoisotopic (exact) mass is 185 g/mol. The fourth-order valence-corrected chi connectivity index (χ4v) is 1.03. The molecular formula is C9H15NO3. The van der Waals surface area contributed by atoms with E-state index in [1.54, 1.807) is 0 Å². The molecule has 0 aromatic carbocycles. The first-order chi connectivity index (χ1) is 6.15. The van der Waals surface area contributed by atoms with Crippen LogP contribution in [0.3, 0.4) is 0 Å². The van der Waals surface area contributed by atoms with Crippen LogP contribution in [-0.4, -0.2) is 25.8 Å². The van der Waals surface area contributed by atoms with Gasteiger partial charge in [0.1, 0.15) is 5.92 Å². The predicted molar refractivity (Wildman–Crippen MR) is 46.8 cm³/mol. The van der Waals surface area contributed by atoms with E-state index in [1.807, 2.05) is 19.9 Å². The summed E-state index contributed by atoms with van der Waals surface area (Å²) in [5, 5.41) is 8.64. The largest absolute Gasteiger partial charge is 0.468 e. The number of methoxy groups -OCH3 is 1. The Bertz CT molecular complexity index is 198. The summed E-state index contributed by atoms with van der Waals surface area (Å²) in [6, 6.07) is 1.89. The highest BCUT2D eigenvalue weighted by Gasteiger charge is 2.21. The Morgan fingerprint density at radius 3 is 2.62 bits per heavy atom. The van der Waals surface area contributed by atoms with E-state index in [0.717, 1.165) is 0 Å². The van der Waals surface area contributed by atoms with Gasteiger partial charge in [0.15, 0.2) is 0 Å². The first kappa shape index (κ1) is 11.9. The maximum Gasteiger partial charge on any atom is 0.323 e. The number of esters is 1. The molecule has 0 aliphatic carbocycles. The molecule has 0 fully saturated rings. The molecular weight excluding hydrogens is 170 g/mol. The summed E-state index contributed by atoms with van der Waals surface area (Å²) in [6.07, 6.45) is 0.297. The molecule has 0 aromatic heterocycles. The third-order valence-corrected chi connectivity index (χ3v) is 1.66. The first-order valence-corrected chi connectivity index (χ1v) is 4.24. The number of rotatable bonds is 5. The van der Waals surface area contributed by atoms with Crippen molar-refractivity contribution in [1.82, 2.24) is 0 Å². The Hall–Kier alpha value is -1.08. The van der Waals surface area contributed by atoms with E-state index in [-0.39, 0.29) is 6.10 Å². The molecule has 2 atom stereocenters. The van der Waals surface area contributed by atoms with Gasteiger partial charge >= 0.3 is 5.97 Å². The van der Waals surface area contributed by atoms with Crippen LogP contribution in [0.15, 0.2) is 0 Å². The summed E-state index contributed by atoms with van der Waals surface area (Å²) < 4.78 is 9.68. The lowest BCUT2D eigenvalue weighted by molar-refractivity contribution is -0.144. The zero-order valence-electron chi connectivity index (χ0n) is 8.24. The number of nitrogens with zero attached hydrogens (tertiary/aromatic N) is 1. The third-order valence-electron chi connectivity index (χ3n) is 1.66. The van der Waals surface area contributed by atoms with E-state index in [4.69, 9.17) is 10.00 Å². The van der Waals surface area contributed by atoms with E-state index >= 15 is 0 Å². The van der Waals surface area contributed by atoms with Gasteiger partial charge in [0.25, 0.3) is 0 Å². The Morgan fingerprint density at radius 1 is 1.62 bits per heavy atom. The number of hydrogen-bond acceptors (Lipinski definition) is 4. The quantitative estimate of drug-likeness (QED) is 0.602. The Morgan fingerprint density at radius 2 is 2.23 bits per heavy atom. The lowest BCUT2D eigenvalue weighted by Crippen LogP contribution is -2.21. The van der Waals surface area contributed by atoms with Gasteiger partial charge < -0.3 is 9.47 Å². The fraction of sp³-hybridized carbons (Fsp3) is 0.778. The van der Waals surface area contributed by atoms with Gasteiger partial charge in [-0.3, -0.25) is 4.79 Å². The molecule has 0 saturated heterocycles. The van der Waals surface area contributed by atoms with Gasteiger partial charge in [-0.1, -0.05) is 0 Å². The molecule has 0 N–H and O–H groups in total. The topological polar surface area (TPSA) is 59.3 Å². The summed E-state index contributed by atoms with van der Waals surface area (Å²) in [5.74, 6) is -1.21. The van der Waals surface area contributed by atoms with Crippen LogP contribution in [0.25, 0.3) is 0 Å². The molecule has 0 aliphatic rings. The Kier molecular flexibility index (Phi) is 5.90. The summed E-state index contributed by atoms with van der Waals surface area (Å²) in [4.78, 5) is 11.0. The van der Waals surface area contributed by atoms with Crippen molar-refractivity contribution in [3.05, 3.63) is 0 Å². The molecule has 2 unspecified atom stereocenters. The zero-order valence-corrected chi connectivity index (χ0v) is 8.24. The maximum absolute atomic E-state index is 11.0. The molecule has 4 heteroatoms. The van der Waals surface area contributed by atoms with E-state index in [9.17, 15) is 4.79 Å². The summed E-state index contributed by atoms with van der Waals surface area (Å²) in [7, 11) is 1.28. The van der Waals surface area contributed by atoms with Crippen molar-refractivity contribution in [3.8, 4) is 6.07 Å². The third kappa shape index (κ3) is 4.48. The number of nitriles is 1. The highest BCUT2D eigenvalue weighted by molar-refractivity contribution is 5.74. The molecule has 13 heavy (non-hydrogen) atoms. The average molecular weight is 185 g/mol. The highest BCUT2D eigenvalue weighted by Crippen LogP contribution is 2.09. The second-order valence-electron chi connectivity index (χ2n) is 2.71. The number of carbonyl (C=O) groups excluding carboxylic acids is 1. The minimum absolute atomic E-state index is 0.0891. The van der Waals surface area contributed by atoms with Crippen molar-refractivity contribution in [2.75, 3.05) is 13.7 Å². The molecule has 0 saturated carbocycles. The molecule has 0 bridgehead atoms. The number of hydrogen-bond donors (Lipinski definition) is 0. The highest BCUT2D eigenvalue weighted by atomic mass is 16.5. The molecule has 0 spiro atoms. The van der Waals surface area contributed by atoms with Crippen LogP contribution in [0.5, 0.6) is 0 Å². The van der Waals surface area contributed by atoms with Gasteiger partial charge in [-0.2, -0.15) is 5.26 Å². The van der Waals surface area contributed by atoms with Crippen molar-refractivity contribution in [2.24, 2.45) is 5.92 Å². The zero-order chi connectivity index (χ0) is 10.3. The van der Waals surface area contributed by atoms with Crippen LogP contribution < -0.4 is 0 Å². The van der Waals surface area contributed by atoms with E-state index in [1.165, 1.54) is 7.11 Å². The normalized spacial score (nSPS) is 14.3. The summed E-state index contributed by atoms with van der Waals surface area (Å²) >= 11 is 0. The van der Waals surface area contributed by atoms with Crippen LogP contribution in [0.1, 0.15) is 20.3 Å². The van der Waals surface area contributed by atoms with Crippen LogP contribution in [0.4, 0.5) is 0 Å². The van der Waals surface area contributed by atoms with Gasteiger partial charge in [-0.05, 0) is 20.3 Å². The van der Waals surface area contributed by atoms with Gasteiger partial charge in [0.2, 0.25) is 0 Å². The SMILES string of the molecule is CCOC(C)CC(C#N)C(=O)OC. The van der Waals surface area contributed by atoms with Crippen LogP contribution >= 0.6 is 0 Å².